The number of carbonyl (C=O) groups excluding carboxylic acids is 1. The highest BCUT2D eigenvalue weighted by Crippen LogP contribution is 2.40. The summed E-state index contributed by atoms with van der Waals surface area (Å²) in [6, 6.07) is 0. The predicted octanol–water partition coefficient (Wildman–Crippen LogP) is 3.48. The zero-order chi connectivity index (χ0) is 11.9. The molecule has 1 N–H and O–H groups in total. The van der Waals surface area contributed by atoms with E-state index in [1.54, 1.807) is 0 Å². The summed E-state index contributed by atoms with van der Waals surface area (Å²) in [5.41, 5.74) is 0.405. The molecule has 1 amide bonds. The van der Waals surface area contributed by atoms with E-state index in [0.717, 1.165) is 19.4 Å². The van der Waals surface area contributed by atoms with Crippen molar-refractivity contribution in [2.24, 2.45) is 5.41 Å². The Bertz CT molecular complexity index is 212. The molecule has 0 heterocycles. The number of alkyl halides is 1. The van der Waals surface area contributed by atoms with Gasteiger partial charge in [-0.3, -0.25) is 4.79 Å². The van der Waals surface area contributed by atoms with Gasteiger partial charge in [0.25, 0.3) is 0 Å². The Labute approximate surface area is 104 Å². The van der Waals surface area contributed by atoms with Crippen LogP contribution in [-0.4, -0.2) is 18.3 Å². The van der Waals surface area contributed by atoms with Crippen LogP contribution in [0, 0.1) is 5.41 Å². The van der Waals surface area contributed by atoms with Crippen molar-refractivity contribution in [2.75, 3.05) is 12.4 Å². The van der Waals surface area contributed by atoms with E-state index >= 15 is 0 Å². The number of carbonyl (C=O) groups is 1. The van der Waals surface area contributed by atoms with E-state index in [0.29, 0.717) is 17.7 Å². The fraction of sp³-hybridized carbons (Fsp3) is 0.923. The topological polar surface area (TPSA) is 29.1 Å². The monoisotopic (exact) mass is 245 g/mol. The molecule has 1 aliphatic carbocycles. The number of rotatable bonds is 7. The molecule has 0 radical (unpaired) electrons. The van der Waals surface area contributed by atoms with Gasteiger partial charge in [-0.2, -0.15) is 0 Å². The van der Waals surface area contributed by atoms with Crippen LogP contribution < -0.4 is 5.32 Å². The second-order valence-corrected chi connectivity index (χ2v) is 5.36. The number of unbranched alkanes of at least 4 members (excludes halogenated alkanes) is 1. The fourth-order valence-corrected chi connectivity index (χ4v) is 2.72. The molecule has 0 aromatic heterocycles. The molecule has 1 fully saturated rings. The van der Waals surface area contributed by atoms with Gasteiger partial charge in [-0.05, 0) is 37.5 Å². The van der Waals surface area contributed by atoms with Crippen LogP contribution in [0.2, 0.25) is 0 Å². The van der Waals surface area contributed by atoms with Gasteiger partial charge in [0.1, 0.15) is 0 Å². The summed E-state index contributed by atoms with van der Waals surface area (Å²) < 4.78 is 0. The quantitative estimate of drug-likeness (QED) is 0.540. The zero-order valence-corrected chi connectivity index (χ0v) is 11.1. The molecule has 16 heavy (non-hydrogen) atoms. The lowest BCUT2D eigenvalue weighted by Crippen LogP contribution is -2.35. The number of halogens is 1. The molecule has 3 heteroatoms. The van der Waals surface area contributed by atoms with Gasteiger partial charge < -0.3 is 5.32 Å². The van der Waals surface area contributed by atoms with Crippen LogP contribution in [0.4, 0.5) is 0 Å². The molecule has 1 aliphatic rings. The standard InChI is InChI=1S/C13H24ClNO/c1-2-13(8-4-5-9-13)11-15-12(16)7-3-6-10-14/h2-11H2,1H3,(H,15,16). The van der Waals surface area contributed by atoms with Crippen LogP contribution in [0.3, 0.4) is 0 Å². The maximum atomic E-state index is 11.6. The van der Waals surface area contributed by atoms with E-state index < -0.39 is 0 Å². The van der Waals surface area contributed by atoms with Gasteiger partial charge >= 0.3 is 0 Å². The number of hydrogen-bond acceptors (Lipinski definition) is 1. The van der Waals surface area contributed by atoms with Crippen molar-refractivity contribution < 1.29 is 4.79 Å². The highest BCUT2D eigenvalue weighted by atomic mass is 35.5. The van der Waals surface area contributed by atoms with Crippen molar-refractivity contribution in [2.45, 2.75) is 58.3 Å². The minimum atomic E-state index is 0.199. The lowest BCUT2D eigenvalue weighted by molar-refractivity contribution is -0.121. The number of amides is 1. The van der Waals surface area contributed by atoms with Crippen molar-refractivity contribution >= 4 is 17.5 Å². The molecular formula is C13H24ClNO. The minimum absolute atomic E-state index is 0.199. The van der Waals surface area contributed by atoms with Gasteiger partial charge in [-0.1, -0.05) is 19.8 Å². The Morgan fingerprint density at radius 3 is 2.56 bits per heavy atom. The minimum Gasteiger partial charge on any atom is -0.356 e. The lowest BCUT2D eigenvalue weighted by atomic mass is 9.83. The lowest BCUT2D eigenvalue weighted by Gasteiger charge is -2.27. The molecule has 0 aromatic carbocycles. The SMILES string of the molecule is CCC1(CNC(=O)CCCCCl)CCCC1. The Morgan fingerprint density at radius 1 is 1.31 bits per heavy atom. The Morgan fingerprint density at radius 2 is 2.00 bits per heavy atom. The first-order valence-corrected chi connectivity index (χ1v) is 7.08. The van der Waals surface area contributed by atoms with E-state index in [1.807, 2.05) is 0 Å². The highest BCUT2D eigenvalue weighted by Gasteiger charge is 2.31. The molecule has 0 atom stereocenters. The third-order valence-corrected chi connectivity index (χ3v) is 4.13. The Balaban J connectivity index is 2.19. The molecule has 94 valence electrons. The summed E-state index contributed by atoms with van der Waals surface area (Å²) in [6.07, 6.45) is 8.90. The molecule has 2 nitrogen and oxygen atoms in total. The molecule has 0 saturated heterocycles. The Hall–Kier alpha value is -0.240. The second-order valence-electron chi connectivity index (χ2n) is 4.98. The zero-order valence-electron chi connectivity index (χ0n) is 10.4. The molecule has 0 unspecified atom stereocenters. The third kappa shape index (κ3) is 4.32. The van der Waals surface area contributed by atoms with Gasteiger partial charge in [0, 0.05) is 18.8 Å². The first kappa shape index (κ1) is 13.8. The molecule has 1 rings (SSSR count). The summed E-state index contributed by atoms with van der Waals surface area (Å²) in [5, 5.41) is 3.09. The second kappa shape index (κ2) is 7.16. The molecule has 1 saturated carbocycles. The summed E-state index contributed by atoms with van der Waals surface area (Å²) in [5.74, 6) is 0.858. The van der Waals surface area contributed by atoms with Gasteiger partial charge in [0.05, 0.1) is 0 Å². The van der Waals surface area contributed by atoms with E-state index in [-0.39, 0.29) is 5.91 Å². The smallest absolute Gasteiger partial charge is 0.220 e. The summed E-state index contributed by atoms with van der Waals surface area (Å²) in [4.78, 5) is 11.6. The normalized spacial score (nSPS) is 18.6. The van der Waals surface area contributed by atoms with Crippen molar-refractivity contribution in [1.29, 1.82) is 0 Å². The largest absolute Gasteiger partial charge is 0.356 e. The number of hydrogen-bond donors (Lipinski definition) is 1. The molecule has 0 aromatic rings. The third-order valence-electron chi connectivity index (χ3n) is 3.86. The number of nitrogens with one attached hydrogen (secondary N) is 1. The van der Waals surface area contributed by atoms with Gasteiger partial charge in [-0.25, -0.2) is 0 Å². The van der Waals surface area contributed by atoms with Crippen molar-refractivity contribution in [3.8, 4) is 0 Å². The van der Waals surface area contributed by atoms with E-state index in [9.17, 15) is 4.79 Å². The van der Waals surface area contributed by atoms with Crippen LogP contribution in [0.15, 0.2) is 0 Å². The summed E-state index contributed by atoms with van der Waals surface area (Å²) >= 11 is 5.58. The van der Waals surface area contributed by atoms with Crippen molar-refractivity contribution in [3.05, 3.63) is 0 Å². The Kier molecular flexibility index (Phi) is 6.18. The maximum absolute atomic E-state index is 11.6. The van der Waals surface area contributed by atoms with Gasteiger partial charge in [0.15, 0.2) is 0 Å². The average Bonchev–Trinajstić information content (AvgIpc) is 2.76. The fourth-order valence-electron chi connectivity index (χ4n) is 2.53. The predicted molar refractivity (Wildman–Crippen MR) is 68.8 cm³/mol. The molecular weight excluding hydrogens is 222 g/mol. The molecule has 0 spiro atoms. The van der Waals surface area contributed by atoms with Crippen molar-refractivity contribution in [1.82, 2.24) is 5.32 Å². The van der Waals surface area contributed by atoms with Crippen LogP contribution >= 0.6 is 11.6 Å². The van der Waals surface area contributed by atoms with Crippen LogP contribution in [0.25, 0.3) is 0 Å². The van der Waals surface area contributed by atoms with Crippen LogP contribution in [0.5, 0.6) is 0 Å². The van der Waals surface area contributed by atoms with Crippen molar-refractivity contribution in [3.63, 3.8) is 0 Å². The maximum Gasteiger partial charge on any atom is 0.220 e. The first-order valence-electron chi connectivity index (χ1n) is 6.55. The van der Waals surface area contributed by atoms with Gasteiger partial charge in [0.2, 0.25) is 5.91 Å². The van der Waals surface area contributed by atoms with E-state index in [1.165, 1.54) is 32.1 Å². The molecule has 0 bridgehead atoms. The van der Waals surface area contributed by atoms with E-state index in [4.69, 9.17) is 11.6 Å². The molecule has 0 aliphatic heterocycles. The van der Waals surface area contributed by atoms with Crippen LogP contribution in [0.1, 0.15) is 58.3 Å². The summed E-state index contributed by atoms with van der Waals surface area (Å²) in [7, 11) is 0. The van der Waals surface area contributed by atoms with Gasteiger partial charge in [-0.15, -0.1) is 11.6 Å². The summed E-state index contributed by atoms with van der Waals surface area (Å²) in [6.45, 7) is 3.12. The average molecular weight is 246 g/mol. The first-order chi connectivity index (χ1) is 7.72. The highest BCUT2D eigenvalue weighted by molar-refractivity contribution is 6.17. The van der Waals surface area contributed by atoms with E-state index in [2.05, 4.69) is 12.2 Å². The van der Waals surface area contributed by atoms with Crippen LogP contribution in [-0.2, 0) is 4.79 Å².